The molecule has 5 nitrogen and oxygen atoms in total. The summed E-state index contributed by atoms with van der Waals surface area (Å²) < 4.78 is 5.35. The monoisotopic (exact) mass is 304 g/mol. The van der Waals surface area contributed by atoms with E-state index in [1.807, 2.05) is 24.0 Å². The second-order valence-electron chi connectivity index (χ2n) is 4.73. The van der Waals surface area contributed by atoms with Gasteiger partial charge in [-0.3, -0.25) is 9.59 Å². The summed E-state index contributed by atoms with van der Waals surface area (Å²) in [6.07, 6.45) is 1.62. The number of carbonyl (C=O) groups excluding carboxylic acids is 2. The van der Waals surface area contributed by atoms with Gasteiger partial charge in [-0.1, -0.05) is 11.6 Å². The minimum Gasteiger partial charge on any atom is -0.467 e. The van der Waals surface area contributed by atoms with Crippen LogP contribution >= 0.6 is 11.6 Å². The van der Waals surface area contributed by atoms with Crippen LogP contribution in [-0.4, -0.2) is 18.2 Å². The average molecular weight is 305 g/mol. The van der Waals surface area contributed by atoms with Crippen LogP contribution in [0.15, 0.2) is 34.9 Å². The zero-order valence-corrected chi connectivity index (χ0v) is 12.1. The number of nitrogens with zero attached hydrogens (tertiary/aromatic N) is 1. The number of hydrogen-bond acceptors (Lipinski definition) is 4. The minimum atomic E-state index is -0.618. The van der Waals surface area contributed by atoms with Crippen molar-refractivity contribution in [2.24, 2.45) is 0 Å². The lowest BCUT2D eigenvalue weighted by molar-refractivity contribution is -0.112. The van der Waals surface area contributed by atoms with E-state index in [-0.39, 0.29) is 0 Å². The number of benzene rings is 1. The fourth-order valence-electron chi connectivity index (χ4n) is 2.35. The summed E-state index contributed by atoms with van der Waals surface area (Å²) in [5.74, 6) is -0.353. The summed E-state index contributed by atoms with van der Waals surface area (Å²) >= 11 is 6.27. The van der Waals surface area contributed by atoms with Crippen molar-refractivity contribution in [2.75, 3.05) is 16.8 Å². The molecule has 3 rings (SSSR count). The van der Waals surface area contributed by atoms with Crippen molar-refractivity contribution in [1.82, 2.24) is 0 Å². The zero-order chi connectivity index (χ0) is 15.0. The van der Waals surface area contributed by atoms with Gasteiger partial charge in [-0.15, -0.1) is 0 Å². The molecule has 2 aromatic rings. The van der Waals surface area contributed by atoms with Crippen LogP contribution in [0.1, 0.15) is 23.0 Å². The first-order chi connectivity index (χ1) is 10.1. The fourth-order valence-corrected chi connectivity index (χ4v) is 2.64. The first-order valence-electron chi connectivity index (χ1n) is 6.56. The van der Waals surface area contributed by atoms with Gasteiger partial charge in [-0.2, -0.15) is 0 Å². The Labute approximate surface area is 126 Å². The normalized spacial score (nSPS) is 13.2. The van der Waals surface area contributed by atoms with E-state index in [4.69, 9.17) is 16.0 Å². The molecule has 0 bridgehead atoms. The third-order valence-corrected chi connectivity index (χ3v) is 3.74. The smallest absolute Gasteiger partial charge is 0.296 e. The van der Waals surface area contributed by atoms with Gasteiger partial charge in [0.1, 0.15) is 5.76 Å². The lowest BCUT2D eigenvalue weighted by Gasteiger charge is -2.23. The van der Waals surface area contributed by atoms with Crippen molar-refractivity contribution in [3.63, 3.8) is 0 Å². The number of Topliss-reactive ketones (excluding diaryl/α,β-unsaturated/α-hetero) is 1. The van der Waals surface area contributed by atoms with E-state index >= 15 is 0 Å². The van der Waals surface area contributed by atoms with Crippen LogP contribution in [0.3, 0.4) is 0 Å². The molecular weight excluding hydrogens is 292 g/mol. The van der Waals surface area contributed by atoms with E-state index in [2.05, 4.69) is 5.32 Å². The molecule has 2 heterocycles. The lowest BCUT2D eigenvalue weighted by Crippen LogP contribution is -2.22. The Morgan fingerprint density at radius 2 is 2.14 bits per heavy atom. The molecule has 0 unspecified atom stereocenters. The van der Waals surface area contributed by atoms with Gasteiger partial charge in [0.15, 0.2) is 0 Å². The van der Waals surface area contributed by atoms with Gasteiger partial charge in [0.25, 0.3) is 11.7 Å². The predicted octanol–water partition coefficient (Wildman–Crippen LogP) is 3.09. The summed E-state index contributed by atoms with van der Waals surface area (Å²) in [7, 11) is 0. The van der Waals surface area contributed by atoms with Crippen LogP contribution in [0.2, 0.25) is 5.02 Å². The molecule has 1 aliphatic heterocycles. The van der Waals surface area contributed by atoms with Crippen LogP contribution in [0, 0.1) is 0 Å². The quantitative estimate of drug-likeness (QED) is 0.882. The van der Waals surface area contributed by atoms with E-state index in [1.165, 1.54) is 6.07 Å². The van der Waals surface area contributed by atoms with Crippen molar-refractivity contribution >= 4 is 34.7 Å². The predicted molar refractivity (Wildman–Crippen MR) is 79.8 cm³/mol. The van der Waals surface area contributed by atoms with Crippen LogP contribution in [0.25, 0.3) is 0 Å². The van der Waals surface area contributed by atoms with E-state index in [9.17, 15) is 9.59 Å². The molecule has 0 aliphatic carbocycles. The summed E-state index contributed by atoms with van der Waals surface area (Å²) in [6.45, 7) is 3.27. The number of nitrogens with one attached hydrogen (secondary N) is 1. The number of rotatable bonds is 4. The van der Waals surface area contributed by atoms with Crippen molar-refractivity contribution in [3.8, 4) is 0 Å². The SMILES string of the molecule is CCN(Cc1ccco1)c1cc2c(cc1Cl)C(=O)C(=O)N2. The van der Waals surface area contributed by atoms with E-state index in [1.54, 1.807) is 12.3 Å². The molecular formula is C15H13ClN2O3. The topological polar surface area (TPSA) is 62.6 Å². The molecule has 1 aromatic carbocycles. The van der Waals surface area contributed by atoms with Gasteiger partial charge in [-0.05, 0) is 31.2 Å². The van der Waals surface area contributed by atoms with Gasteiger partial charge in [0, 0.05) is 6.54 Å². The second kappa shape index (κ2) is 5.26. The summed E-state index contributed by atoms with van der Waals surface area (Å²) in [6, 6.07) is 6.98. The summed E-state index contributed by atoms with van der Waals surface area (Å²) in [5.41, 5.74) is 1.58. The van der Waals surface area contributed by atoms with Gasteiger partial charge in [-0.25, -0.2) is 0 Å². The molecule has 0 radical (unpaired) electrons. The third-order valence-electron chi connectivity index (χ3n) is 3.44. The van der Waals surface area contributed by atoms with E-state index < -0.39 is 11.7 Å². The summed E-state index contributed by atoms with van der Waals surface area (Å²) in [5, 5.41) is 2.99. The second-order valence-corrected chi connectivity index (χ2v) is 5.13. The molecule has 1 N–H and O–H groups in total. The molecule has 108 valence electrons. The molecule has 0 atom stereocenters. The molecule has 1 aliphatic rings. The number of fused-ring (bicyclic) bond motifs is 1. The Hall–Kier alpha value is -2.27. The molecule has 21 heavy (non-hydrogen) atoms. The highest BCUT2D eigenvalue weighted by Crippen LogP contribution is 2.35. The van der Waals surface area contributed by atoms with Gasteiger partial charge >= 0.3 is 0 Å². The number of ketones is 1. The Kier molecular flexibility index (Phi) is 3.43. The number of hydrogen-bond donors (Lipinski definition) is 1. The fraction of sp³-hybridized carbons (Fsp3) is 0.200. The Morgan fingerprint density at radius 3 is 2.81 bits per heavy atom. The van der Waals surface area contributed by atoms with E-state index in [0.717, 1.165) is 11.4 Å². The molecule has 1 amide bonds. The minimum absolute atomic E-state index is 0.322. The number of amides is 1. The number of halogens is 1. The Balaban J connectivity index is 1.96. The molecule has 0 spiro atoms. The Morgan fingerprint density at radius 1 is 1.33 bits per heavy atom. The van der Waals surface area contributed by atoms with Crippen LogP contribution in [0.4, 0.5) is 11.4 Å². The number of anilines is 2. The molecule has 0 fully saturated rings. The van der Waals surface area contributed by atoms with Crippen LogP contribution in [-0.2, 0) is 11.3 Å². The molecule has 0 saturated heterocycles. The molecule has 1 aromatic heterocycles. The first kappa shape index (κ1) is 13.7. The number of carbonyl (C=O) groups is 2. The van der Waals surface area contributed by atoms with Gasteiger partial charge in [0.05, 0.1) is 34.8 Å². The van der Waals surface area contributed by atoms with Crippen LogP contribution in [0.5, 0.6) is 0 Å². The summed E-state index contributed by atoms with van der Waals surface area (Å²) in [4.78, 5) is 25.1. The van der Waals surface area contributed by atoms with Gasteiger partial charge < -0.3 is 14.6 Å². The molecule has 6 heteroatoms. The average Bonchev–Trinajstić information content (AvgIpc) is 3.06. The van der Waals surface area contributed by atoms with Crippen LogP contribution < -0.4 is 10.2 Å². The van der Waals surface area contributed by atoms with Crippen molar-refractivity contribution in [1.29, 1.82) is 0 Å². The van der Waals surface area contributed by atoms with Gasteiger partial charge in [0.2, 0.25) is 0 Å². The highest BCUT2D eigenvalue weighted by atomic mass is 35.5. The lowest BCUT2D eigenvalue weighted by atomic mass is 10.1. The van der Waals surface area contributed by atoms with Crippen molar-refractivity contribution < 1.29 is 14.0 Å². The maximum absolute atomic E-state index is 11.7. The first-order valence-corrected chi connectivity index (χ1v) is 6.94. The number of furan rings is 1. The highest BCUT2D eigenvalue weighted by molar-refractivity contribution is 6.52. The zero-order valence-electron chi connectivity index (χ0n) is 11.4. The Bertz CT molecular complexity index is 710. The maximum Gasteiger partial charge on any atom is 0.296 e. The van der Waals surface area contributed by atoms with E-state index in [0.29, 0.717) is 29.4 Å². The third kappa shape index (κ3) is 2.40. The largest absolute Gasteiger partial charge is 0.467 e. The maximum atomic E-state index is 11.7. The van der Waals surface area contributed by atoms with Crippen molar-refractivity contribution in [2.45, 2.75) is 13.5 Å². The molecule has 0 saturated carbocycles. The highest BCUT2D eigenvalue weighted by Gasteiger charge is 2.29. The standard InChI is InChI=1S/C15H13ClN2O3/c1-2-18(8-9-4-3-5-21-9)13-7-12-10(6-11(13)16)14(19)15(20)17-12/h3-7H,2,8H2,1H3,(H,17,19,20). The van der Waals surface area contributed by atoms with Crippen molar-refractivity contribution in [3.05, 3.63) is 46.9 Å².